The number of aliphatic hydroxyl groups excluding tert-OH is 1. The number of rotatable bonds is 7. The van der Waals surface area contributed by atoms with Gasteiger partial charge in [-0.15, -0.1) is 0 Å². The Balaban J connectivity index is 1.63. The topological polar surface area (TPSA) is 35.9 Å². The number of aliphatic hydroxyl groups is 1. The second-order valence-electron chi connectivity index (χ2n) is 7.33. The minimum absolute atomic E-state index is 0.188. The van der Waals surface area contributed by atoms with Gasteiger partial charge in [0.15, 0.2) is 11.6 Å². The molecular weight excluding hydrogens is 343 g/mol. The van der Waals surface area contributed by atoms with Gasteiger partial charge in [-0.25, -0.2) is 4.39 Å². The maximum absolute atomic E-state index is 13.6. The molecule has 4 nitrogen and oxygen atoms in total. The summed E-state index contributed by atoms with van der Waals surface area (Å²) in [7, 11) is 1.49. The van der Waals surface area contributed by atoms with Crippen LogP contribution < -0.4 is 4.74 Å². The number of aryl methyl sites for hydroxylation is 1. The predicted molar refractivity (Wildman–Crippen MR) is 105 cm³/mol. The maximum atomic E-state index is 13.6. The Morgan fingerprint density at radius 1 is 1.07 bits per heavy atom. The number of methoxy groups -OCH3 is 1. The molecule has 1 saturated heterocycles. The second-order valence-corrected chi connectivity index (χ2v) is 7.33. The number of piperazine rings is 1. The first kappa shape index (κ1) is 19.8. The average molecular weight is 372 g/mol. The van der Waals surface area contributed by atoms with Crippen molar-refractivity contribution in [2.75, 3.05) is 33.4 Å². The summed E-state index contributed by atoms with van der Waals surface area (Å²) in [5, 5.41) is 9.51. The summed E-state index contributed by atoms with van der Waals surface area (Å²) >= 11 is 0. The smallest absolute Gasteiger partial charge is 0.165 e. The molecule has 0 saturated carbocycles. The molecule has 0 radical (unpaired) electrons. The van der Waals surface area contributed by atoms with Crippen LogP contribution in [0.15, 0.2) is 42.5 Å². The van der Waals surface area contributed by atoms with Crippen LogP contribution in [0.3, 0.4) is 0 Å². The van der Waals surface area contributed by atoms with Crippen LogP contribution >= 0.6 is 0 Å². The molecule has 2 aromatic rings. The number of benzene rings is 2. The van der Waals surface area contributed by atoms with Gasteiger partial charge in [0.2, 0.25) is 0 Å². The van der Waals surface area contributed by atoms with E-state index < -0.39 is 0 Å². The molecule has 1 fully saturated rings. The van der Waals surface area contributed by atoms with Crippen LogP contribution in [0.1, 0.15) is 23.1 Å². The minimum Gasteiger partial charge on any atom is -0.494 e. The molecule has 5 heteroatoms. The summed E-state index contributed by atoms with van der Waals surface area (Å²) in [6.45, 7) is 6.76. The van der Waals surface area contributed by atoms with Crippen molar-refractivity contribution in [2.24, 2.45) is 0 Å². The fourth-order valence-corrected chi connectivity index (χ4v) is 3.72. The van der Waals surface area contributed by atoms with Crippen molar-refractivity contribution in [3.8, 4) is 5.75 Å². The first-order valence-electron chi connectivity index (χ1n) is 9.54. The van der Waals surface area contributed by atoms with Crippen LogP contribution in [-0.4, -0.2) is 54.3 Å². The summed E-state index contributed by atoms with van der Waals surface area (Å²) in [6.07, 6.45) is 0.759. The van der Waals surface area contributed by atoms with Gasteiger partial charge in [-0.1, -0.05) is 35.9 Å². The molecule has 1 atom stereocenters. The summed E-state index contributed by atoms with van der Waals surface area (Å²) < 4.78 is 18.7. The lowest BCUT2D eigenvalue weighted by molar-refractivity contribution is 0.0499. The van der Waals surface area contributed by atoms with Gasteiger partial charge < -0.3 is 9.84 Å². The van der Waals surface area contributed by atoms with Crippen LogP contribution in [0.5, 0.6) is 5.75 Å². The molecule has 0 unspecified atom stereocenters. The van der Waals surface area contributed by atoms with E-state index in [0.717, 1.165) is 44.7 Å². The zero-order chi connectivity index (χ0) is 19.2. The van der Waals surface area contributed by atoms with Crippen molar-refractivity contribution in [3.63, 3.8) is 0 Å². The molecule has 0 spiro atoms. The first-order valence-corrected chi connectivity index (χ1v) is 9.54. The number of hydrogen-bond donors (Lipinski definition) is 1. The summed E-state index contributed by atoms with van der Waals surface area (Å²) in [5.41, 5.74) is 3.62. The largest absolute Gasteiger partial charge is 0.494 e. The van der Waals surface area contributed by atoms with Gasteiger partial charge in [-0.3, -0.25) is 9.80 Å². The van der Waals surface area contributed by atoms with Gasteiger partial charge in [0.25, 0.3) is 0 Å². The zero-order valence-corrected chi connectivity index (χ0v) is 16.2. The highest BCUT2D eigenvalue weighted by atomic mass is 19.1. The van der Waals surface area contributed by atoms with Crippen LogP contribution in [0.2, 0.25) is 0 Å². The molecule has 1 aliphatic heterocycles. The highest BCUT2D eigenvalue weighted by Crippen LogP contribution is 2.22. The molecule has 1 aliphatic rings. The van der Waals surface area contributed by atoms with Gasteiger partial charge in [-0.2, -0.15) is 0 Å². The molecule has 0 amide bonds. The van der Waals surface area contributed by atoms with E-state index in [4.69, 9.17) is 4.74 Å². The van der Waals surface area contributed by atoms with E-state index in [1.165, 1.54) is 24.3 Å². The van der Waals surface area contributed by atoms with Crippen molar-refractivity contribution in [1.29, 1.82) is 0 Å². The van der Waals surface area contributed by atoms with E-state index >= 15 is 0 Å². The van der Waals surface area contributed by atoms with E-state index in [0.29, 0.717) is 6.04 Å². The van der Waals surface area contributed by atoms with Crippen molar-refractivity contribution in [1.82, 2.24) is 9.80 Å². The summed E-state index contributed by atoms with van der Waals surface area (Å²) in [5.74, 6) is -0.0419. The molecule has 27 heavy (non-hydrogen) atoms. The molecule has 0 aromatic heterocycles. The van der Waals surface area contributed by atoms with E-state index in [-0.39, 0.29) is 18.2 Å². The summed E-state index contributed by atoms with van der Waals surface area (Å²) in [4.78, 5) is 4.83. The number of halogens is 1. The standard InChI is InChI=1S/C22H29FN2O2/c1-17-3-5-18(6-4-17)15-25-11-10-24(16-20(25)9-12-26)14-19-7-8-21(23)22(13-19)27-2/h3-8,13,20,26H,9-12,14-16H2,1-2H3/t20-/m1/s1. The lowest BCUT2D eigenvalue weighted by Gasteiger charge is -2.41. The Morgan fingerprint density at radius 2 is 1.81 bits per heavy atom. The Morgan fingerprint density at radius 3 is 2.52 bits per heavy atom. The Labute approximate surface area is 161 Å². The molecule has 3 rings (SSSR count). The number of hydrogen-bond acceptors (Lipinski definition) is 4. The molecule has 1 heterocycles. The predicted octanol–water partition coefficient (Wildman–Crippen LogP) is 3.21. The van der Waals surface area contributed by atoms with Crippen LogP contribution in [0.4, 0.5) is 4.39 Å². The molecular formula is C22H29FN2O2. The van der Waals surface area contributed by atoms with E-state index in [1.807, 2.05) is 6.07 Å². The molecule has 0 bridgehead atoms. The molecule has 146 valence electrons. The van der Waals surface area contributed by atoms with Crippen molar-refractivity contribution >= 4 is 0 Å². The molecule has 2 aromatic carbocycles. The number of nitrogens with zero attached hydrogens (tertiary/aromatic N) is 2. The third-order valence-corrected chi connectivity index (χ3v) is 5.28. The summed E-state index contributed by atoms with van der Waals surface area (Å²) in [6, 6.07) is 14.0. The monoisotopic (exact) mass is 372 g/mol. The zero-order valence-electron chi connectivity index (χ0n) is 16.2. The molecule has 0 aliphatic carbocycles. The Kier molecular flexibility index (Phi) is 6.83. The lowest BCUT2D eigenvalue weighted by Crippen LogP contribution is -2.52. The first-order chi connectivity index (χ1) is 13.1. The van der Waals surface area contributed by atoms with Gasteiger partial charge in [0.05, 0.1) is 7.11 Å². The normalized spacial score (nSPS) is 18.6. The number of ether oxygens (including phenoxy) is 1. The van der Waals surface area contributed by atoms with Gasteiger partial charge in [0.1, 0.15) is 0 Å². The van der Waals surface area contributed by atoms with E-state index in [2.05, 4.69) is 41.0 Å². The van der Waals surface area contributed by atoms with Gasteiger partial charge in [-0.05, 0) is 36.6 Å². The third-order valence-electron chi connectivity index (χ3n) is 5.28. The average Bonchev–Trinajstić information content (AvgIpc) is 2.67. The minimum atomic E-state index is -0.331. The van der Waals surface area contributed by atoms with Gasteiger partial charge in [0, 0.05) is 45.4 Å². The fraction of sp³-hybridized carbons (Fsp3) is 0.455. The van der Waals surface area contributed by atoms with Crippen LogP contribution in [0, 0.1) is 12.7 Å². The lowest BCUT2D eigenvalue weighted by atomic mass is 10.1. The Bertz CT molecular complexity index is 736. The fourth-order valence-electron chi connectivity index (χ4n) is 3.72. The Hall–Kier alpha value is -1.95. The third kappa shape index (κ3) is 5.28. The molecule has 1 N–H and O–H groups in total. The van der Waals surface area contributed by atoms with Crippen molar-refractivity contribution < 1.29 is 14.2 Å². The van der Waals surface area contributed by atoms with Crippen LogP contribution in [-0.2, 0) is 13.1 Å². The van der Waals surface area contributed by atoms with E-state index in [9.17, 15) is 9.50 Å². The second kappa shape index (κ2) is 9.31. The quantitative estimate of drug-likeness (QED) is 0.810. The van der Waals surface area contributed by atoms with Gasteiger partial charge >= 0.3 is 0 Å². The highest BCUT2D eigenvalue weighted by Gasteiger charge is 2.26. The maximum Gasteiger partial charge on any atom is 0.165 e. The van der Waals surface area contributed by atoms with E-state index in [1.54, 1.807) is 6.07 Å². The van der Waals surface area contributed by atoms with Crippen molar-refractivity contribution in [2.45, 2.75) is 32.5 Å². The SMILES string of the molecule is COc1cc(CN2CCN(Cc3ccc(C)cc3)[C@H](CCO)C2)ccc1F. The van der Waals surface area contributed by atoms with Crippen molar-refractivity contribution in [3.05, 3.63) is 65.0 Å². The highest BCUT2D eigenvalue weighted by molar-refractivity contribution is 5.30. The van der Waals surface area contributed by atoms with Crippen LogP contribution in [0.25, 0.3) is 0 Å².